The monoisotopic (exact) mass is 341 g/mol. The first-order chi connectivity index (χ1) is 11.9. The second-order valence-electron chi connectivity index (χ2n) is 5.89. The molecule has 25 heavy (non-hydrogen) atoms. The Bertz CT molecular complexity index is 746. The van der Waals surface area contributed by atoms with Crippen molar-refractivity contribution in [2.45, 2.75) is 6.04 Å². The first kappa shape index (κ1) is 18.2. The highest BCUT2D eigenvalue weighted by Crippen LogP contribution is 2.16. The summed E-state index contributed by atoms with van der Waals surface area (Å²) in [5.74, 6) is 0.118. The molecule has 0 aliphatic rings. The summed E-state index contributed by atoms with van der Waals surface area (Å²) in [5.41, 5.74) is 12.8. The van der Waals surface area contributed by atoms with E-state index in [1.54, 1.807) is 0 Å². The third kappa shape index (κ3) is 5.18. The van der Waals surface area contributed by atoms with Crippen molar-refractivity contribution in [2.75, 3.05) is 31.7 Å². The number of amidine groups is 1. The fraction of sp³-hybridized carbons (Fsp3) is 0.235. The summed E-state index contributed by atoms with van der Waals surface area (Å²) in [5, 5.41) is 13.0. The van der Waals surface area contributed by atoms with Crippen LogP contribution in [-0.4, -0.2) is 42.4 Å². The fourth-order valence-corrected chi connectivity index (χ4v) is 2.36. The van der Waals surface area contributed by atoms with Crippen molar-refractivity contribution in [1.29, 1.82) is 5.41 Å². The van der Waals surface area contributed by atoms with Gasteiger partial charge in [0.1, 0.15) is 11.7 Å². The minimum atomic E-state index is -0.391. The lowest BCUT2D eigenvalue weighted by Gasteiger charge is -2.23. The van der Waals surface area contributed by atoms with Gasteiger partial charge in [0.15, 0.2) is 0 Å². The number of likely N-dealkylation sites (N-methyl/N-ethyl adjacent to an activating group) is 1. The van der Waals surface area contributed by atoms with Crippen LogP contribution < -0.4 is 22.1 Å². The Morgan fingerprint density at radius 2 is 2.00 bits per heavy atom. The molecule has 0 radical (unpaired) electrons. The molecule has 0 saturated carbocycles. The van der Waals surface area contributed by atoms with E-state index in [4.69, 9.17) is 16.9 Å². The summed E-state index contributed by atoms with van der Waals surface area (Å²) >= 11 is 0. The molecule has 2 rings (SSSR count). The fourth-order valence-electron chi connectivity index (χ4n) is 2.36. The van der Waals surface area contributed by atoms with E-state index in [1.807, 2.05) is 49.3 Å². The maximum absolute atomic E-state index is 12.3. The predicted octanol–water partition coefficient (Wildman–Crippen LogP) is 1.37. The van der Waals surface area contributed by atoms with Crippen LogP contribution in [0.1, 0.15) is 17.2 Å². The van der Waals surface area contributed by atoms with E-state index in [9.17, 15) is 4.79 Å². The summed E-state index contributed by atoms with van der Waals surface area (Å²) in [6.45, 7) is 0.649. The molecule has 0 fully saturated rings. The largest absolute Gasteiger partial charge is 0.398 e. The van der Waals surface area contributed by atoms with Crippen molar-refractivity contribution in [3.63, 3.8) is 0 Å². The third-order valence-corrected chi connectivity index (χ3v) is 3.52. The summed E-state index contributed by atoms with van der Waals surface area (Å²) in [7, 11) is 3.89. The lowest BCUT2D eigenvalue weighted by Crippen LogP contribution is -2.38. The Balaban J connectivity index is 2.08. The van der Waals surface area contributed by atoms with E-state index in [0.29, 0.717) is 12.1 Å². The lowest BCUT2D eigenvalue weighted by atomic mass is 10.1. The minimum Gasteiger partial charge on any atom is -0.398 e. The zero-order valence-electron chi connectivity index (χ0n) is 14.3. The average Bonchev–Trinajstić information content (AvgIpc) is 2.54. The molecule has 1 atom stereocenters. The molecular weight excluding hydrogens is 318 g/mol. The first-order valence-electron chi connectivity index (χ1n) is 7.74. The number of pyridine rings is 1. The van der Waals surface area contributed by atoms with E-state index < -0.39 is 6.03 Å². The van der Waals surface area contributed by atoms with Crippen LogP contribution in [0, 0.1) is 5.41 Å². The molecule has 1 heterocycles. The standard InChI is InChI=1S/C17H23N7O/c1-24(2)10-14(11-6-4-3-5-7-11)22-17(25)23-15-8-13(18)12(9-21-15)16(19)20/h3-9,14H,10H2,1-2H3,(H3,19,20)(H4,18,21,22,23,25)/t14-/m0/s1. The minimum absolute atomic E-state index is 0.170. The van der Waals surface area contributed by atoms with Gasteiger partial charge >= 0.3 is 6.03 Å². The normalized spacial score (nSPS) is 11.8. The zero-order valence-corrected chi connectivity index (χ0v) is 14.3. The average molecular weight is 341 g/mol. The molecular formula is C17H23N7O. The number of nitrogens with one attached hydrogen (secondary N) is 3. The molecule has 0 saturated heterocycles. The molecule has 1 aromatic heterocycles. The van der Waals surface area contributed by atoms with Gasteiger partial charge in [0.05, 0.1) is 11.6 Å². The molecule has 2 aromatic rings. The maximum Gasteiger partial charge on any atom is 0.320 e. The number of aromatic nitrogens is 1. The second-order valence-corrected chi connectivity index (χ2v) is 5.89. The molecule has 7 N–H and O–H groups in total. The molecule has 0 bridgehead atoms. The predicted molar refractivity (Wildman–Crippen MR) is 99.6 cm³/mol. The number of amides is 2. The van der Waals surface area contributed by atoms with Crippen LogP contribution in [0.3, 0.4) is 0 Å². The quantitative estimate of drug-likeness (QED) is 0.400. The van der Waals surface area contributed by atoms with Crippen LogP contribution in [0.5, 0.6) is 0 Å². The maximum atomic E-state index is 12.3. The molecule has 8 nitrogen and oxygen atoms in total. The van der Waals surface area contributed by atoms with Gasteiger partial charge in [0, 0.05) is 24.5 Å². The van der Waals surface area contributed by atoms with E-state index in [-0.39, 0.29) is 23.4 Å². The number of hydrogen-bond acceptors (Lipinski definition) is 5. The van der Waals surface area contributed by atoms with Crippen molar-refractivity contribution >= 4 is 23.4 Å². The van der Waals surface area contributed by atoms with Gasteiger partial charge in [0.2, 0.25) is 0 Å². The number of nitrogens with two attached hydrogens (primary N) is 2. The summed E-state index contributed by atoms with van der Waals surface area (Å²) in [6.07, 6.45) is 1.36. The van der Waals surface area contributed by atoms with Gasteiger partial charge in [-0.2, -0.15) is 0 Å². The molecule has 1 aromatic carbocycles. The number of carbonyl (C=O) groups is 1. The number of benzene rings is 1. The van der Waals surface area contributed by atoms with Crippen molar-refractivity contribution in [3.8, 4) is 0 Å². The topological polar surface area (TPSA) is 133 Å². The van der Waals surface area contributed by atoms with E-state index in [0.717, 1.165) is 5.56 Å². The van der Waals surface area contributed by atoms with Crippen LogP contribution in [-0.2, 0) is 0 Å². The highest BCUT2D eigenvalue weighted by Gasteiger charge is 2.16. The number of hydrogen-bond donors (Lipinski definition) is 5. The summed E-state index contributed by atoms with van der Waals surface area (Å²) in [4.78, 5) is 18.4. The van der Waals surface area contributed by atoms with Gasteiger partial charge < -0.3 is 21.7 Å². The Hall–Kier alpha value is -3.13. The Morgan fingerprint density at radius 1 is 1.32 bits per heavy atom. The number of urea groups is 1. The molecule has 0 unspecified atom stereocenters. The number of carbonyl (C=O) groups excluding carboxylic acids is 1. The number of rotatable bonds is 6. The van der Waals surface area contributed by atoms with E-state index in [2.05, 4.69) is 15.6 Å². The summed E-state index contributed by atoms with van der Waals surface area (Å²) < 4.78 is 0. The Morgan fingerprint density at radius 3 is 2.56 bits per heavy atom. The van der Waals surface area contributed by atoms with Gasteiger partial charge in [0.25, 0.3) is 0 Å². The molecule has 0 aliphatic carbocycles. The SMILES string of the molecule is CN(C)C[C@H](NC(=O)Nc1cc(N)c(C(=N)N)cn1)c1ccccc1. The number of anilines is 2. The van der Waals surface area contributed by atoms with Crippen molar-refractivity contribution < 1.29 is 4.79 Å². The lowest BCUT2D eigenvalue weighted by molar-refractivity contribution is 0.244. The molecule has 0 spiro atoms. The molecule has 8 heteroatoms. The van der Waals surface area contributed by atoms with Crippen LogP contribution >= 0.6 is 0 Å². The van der Waals surface area contributed by atoms with Crippen molar-refractivity contribution in [2.24, 2.45) is 5.73 Å². The van der Waals surface area contributed by atoms with E-state index >= 15 is 0 Å². The van der Waals surface area contributed by atoms with E-state index in [1.165, 1.54) is 12.3 Å². The van der Waals surface area contributed by atoms with Gasteiger partial charge in [-0.25, -0.2) is 9.78 Å². The summed E-state index contributed by atoms with van der Waals surface area (Å²) in [6, 6.07) is 10.6. The van der Waals surface area contributed by atoms with Crippen molar-refractivity contribution in [3.05, 3.63) is 53.7 Å². The van der Waals surface area contributed by atoms with Crippen LogP contribution in [0.4, 0.5) is 16.3 Å². The molecule has 2 amide bonds. The van der Waals surface area contributed by atoms with Gasteiger partial charge in [-0.05, 0) is 19.7 Å². The number of nitrogen functional groups attached to an aromatic ring is 2. The van der Waals surface area contributed by atoms with Crippen LogP contribution in [0.2, 0.25) is 0 Å². The highest BCUT2D eigenvalue weighted by atomic mass is 16.2. The van der Waals surface area contributed by atoms with Crippen LogP contribution in [0.15, 0.2) is 42.6 Å². The molecule has 132 valence electrons. The van der Waals surface area contributed by atoms with Crippen LogP contribution in [0.25, 0.3) is 0 Å². The smallest absolute Gasteiger partial charge is 0.320 e. The second kappa shape index (κ2) is 8.11. The highest BCUT2D eigenvalue weighted by molar-refractivity contribution is 6.00. The van der Waals surface area contributed by atoms with Gasteiger partial charge in [-0.15, -0.1) is 0 Å². The number of nitrogens with zero attached hydrogens (tertiary/aromatic N) is 2. The first-order valence-corrected chi connectivity index (χ1v) is 7.74. The van der Waals surface area contributed by atoms with Crippen molar-refractivity contribution in [1.82, 2.24) is 15.2 Å². The van der Waals surface area contributed by atoms with Gasteiger partial charge in [-0.1, -0.05) is 30.3 Å². The Labute approximate surface area is 146 Å². The Kier molecular flexibility index (Phi) is 5.91. The van der Waals surface area contributed by atoms with Gasteiger partial charge in [-0.3, -0.25) is 10.7 Å². The zero-order chi connectivity index (χ0) is 18.4. The molecule has 0 aliphatic heterocycles. The third-order valence-electron chi connectivity index (χ3n) is 3.52.